The molecule has 28 heavy (non-hydrogen) atoms. The maximum atomic E-state index is 11.9. The van der Waals surface area contributed by atoms with Crippen LogP contribution in [0.5, 0.6) is 0 Å². The Labute approximate surface area is 176 Å². The third-order valence-corrected chi connectivity index (χ3v) is 4.82. The minimum absolute atomic E-state index is 0.0492. The van der Waals surface area contributed by atoms with Gasteiger partial charge in [-0.15, -0.1) is 0 Å². The highest BCUT2D eigenvalue weighted by Crippen LogP contribution is 2.20. The summed E-state index contributed by atoms with van der Waals surface area (Å²) >= 11 is 9.24. The Morgan fingerprint density at radius 2 is 1.71 bits per heavy atom. The lowest BCUT2D eigenvalue weighted by molar-refractivity contribution is -0.147. The van der Waals surface area contributed by atoms with Crippen molar-refractivity contribution >= 4 is 56.7 Å². The van der Waals surface area contributed by atoms with E-state index in [2.05, 4.69) is 26.6 Å². The Kier molecular flexibility index (Phi) is 8.47. The first-order valence-corrected chi connectivity index (χ1v) is 9.77. The summed E-state index contributed by atoms with van der Waals surface area (Å²) in [5.41, 5.74) is 2.20. The normalized spacial score (nSPS) is 10.2. The van der Waals surface area contributed by atoms with Gasteiger partial charge in [0.25, 0.3) is 5.91 Å². The molecule has 0 radical (unpaired) electrons. The molecule has 0 spiro atoms. The summed E-state index contributed by atoms with van der Waals surface area (Å²) in [6.45, 7) is 1.53. The minimum Gasteiger partial charge on any atom is -0.456 e. The second kappa shape index (κ2) is 10.8. The zero-order valence-corrected chi connectivity index (χ0v) is 17.6. The molecule has 0 heterocycles. The quantitative estimate of drug-likeness (QED) is 0.551. The molecule has 148 valence electrons. The molecular formula is C20H20BrClN2O4. The van der Waals surface area contributed by atoms with E-state index in [1.807, 2.05) is 19.1 Å². The Balaban J connectivity index is 1.64. The minimum atomic E-state index is -0.530. The lowest BCUT2D eigenvalue weighted by Crippen LogP contribution is -2.21. The number of carbonyl (C=O) groups is 3. The second-order valence-corrected chi connectivity index (χ2v) is 7.38. The van der Waals surface area contributed by atoms with Crippen molar-refractivity contribution in [2.45, 2.75) is 26.2 Å². The molecule has 0 bridgehead atoms. The molecule has 2 amide bonds. The monoisotopic (exact) mass is 466 g/mol. The number of esters is 1. The van der Waals surface area contributed by atoms with E-state index in [0.717, 1.165) is 10.0 Å². The highest BCUT2D eigenvalue weighted by Gasteiger charge is 2.10. The molecule has 0 fully saturated rings. The van der Waals surface area contributed by atoms with Crippen LogP contribution in [0.4, 0.5) is 11.4 Å². The van der Waals surface area contributed by atoms with Crippen molar-refractivity contribution in [2.75, 3.05) is 17.2 Å². The van der Waals surface area contributed by atoms with Crippen LogP contribution in [-0.2, 0) is 19.1 Å². The van der Waals surface area contributed by atoms with E-state index in [1.165, 1.54) is 0 Å². The largest absolute Gasteiger partial charge is 0.456 e. The fourth-order valence-corrected chi connectivity index (χ4v) is 2.76. The molecule has 0 saturated heterocycles. The number of amides is 2. The van der Waals surface area contributed by atoms with E-state index in [1.54, 1.807) is 30.3 Å². The average Bonchev–Trinajstić information content (AvgIpc) is 2.63. The fraction of sp³-hybridized carbons (Fsp3) is 0.250. The van der Waals surface area contributed by atoms with Gasteiger partial charge in [0.2, 0.25) is 5.91 Å². The van der Waals surface area contributed by atoms with Crippen LogP contribution in [0.3, 0.4) is 0 Å². The maximum Gasteiger partial charge on any atom is 0.306 e. The van der Waals surface area contributed by atoms with Gasteiger partial charge in [-0.05, 0) is 55.3 Å². The van der Waals surface area contributed by atoms with Crippen molar-refractivity contribution in [3.05, 3.63) is 57.5 Å². The zero-order chi connectivity index (χ0) is 20.5. The Bertz CT molecular complexity index is 873. The van der Waals surface area contributed by atoms with Gasteiger partial charge in [-0.2, -0.15) is 0 Å². The van der Waals surface area contributed by atoms with E-state index < -0.39 is 11.9 Å². The summed E-state index contributed by atoms with van der Waals surface area (Å²) in [4.78, 5) is 35.4. The van der Waals surface area contributed by atoms with Crippen LogP contribution in [0.1, 0.15) is 24.8 Å². The number of halogens is 2. The van der Waals surface area contributed by atoms with Crippen molar-refractivity contribution in [1.82, 2.24) is 0 Å². The molecule has 0 aliphatic rings. The van der Waals surface area contributed by atoms with E-state index in [0.29, 0.717) is 22.8 Å². The van der Waals surface area contributed by atoms with Crippen LogP contribution in [-0.4, -0.2) is 24.4 Å². The summed E-state index contributed by atoms with van der Waals surface area (Å²) in [6.07, 6.45) is 0.526. The standard InChI is InChI=1S/C20H20BrClN2O4/c1-13-10-16(8-9-17(13)21)24-19(26)12-28-20(27)7-3-6-18(25)23-15-5-2-4-14(22)11-15/h2,4-5,8-11H,3,6-7,12H2,1H3,(H,23,25)(H,24,26). The first-order valence-electron chi connectivity index (χ1n) is 8.60. The third kappa shape index (κ3) is 7.70. The molecule has 2 aromatic carbocycles. The van der Waals surface area contributed by atoms with Gasteiger partial charge < -0.3 is 15.4 Å². The van der Waals surface area contributed by atoms with Gasteiger partial charge in [0.05, 0.1) is 0 Å². The SMILES string of the molecule is Cc1cc(NC(=O)COC(=O)CCCC(=O)Nc2cccc(Cl)c2)ccc1Br. The Morgan fingerprint density at radius 1 is 1.00 bits per heavy atom. The van der Waals surface area contributed by atoms with Gasteiger partial charge in [0.1, 0.15) is 0 Å². The molecule has 0 aliphatic heterocycles. The fourth-order valence-electron chi connectivity index (χ4n) is 2.32. The van der Waals surface area contributed by atoms with E-state index in [4.69, 9.17) is 16.3 Å². The summed E-state index contributed by atoms with van der Waals surface area (Å²) in [5.74, 6) is -1.18. The topological polar surface area (TPSA) is 84.5 Å². The number of rotatable bonds is 8. The van der Waals surface area contributed by atoms with Crippen LogP contribution in [0.25, 0.3) is 0 Å². The smallest absolute Gasteiger partial charge is 0.306 e. The van der Waals surface area contributed by atoms with Gasteiger partial charge >= 0.3 is 5.97 Å². The van der Waals surface area contributed by atoms with Crippen LogP contribution in [0.15, 0.2) is 46.9 Å². The van der Waals surface area contributed by atoms with Gasteiger partial charge in [-0.25, -0.2) is 0 Å². The van der Waals surface area contributed by atoms with Crippen LogP contribution in [0.2, 0.25) is 5.02 Å². The van der Waals surface area contributed by atoms with Crippen LogP contribution < -0.4 is 10.6 Å². The molecule has 6 nitrogen and oxygen atoms in total. The number of nitrogens with one attached hydrogen (secondary N) is 2. The van der Waals surface area contributed by atoms with Crippen molar-refractivity contribution in [3.63, 3.8) is 0 Å². The molecule has 0 aliphatic carbocycles. The molecule has 0 aromatic heterocycles. The lowest BCUT2D eigenvalue weighted by atomic mass is 10.2. The number of ether oxygens (including phenoxy) is 1. The molecule has 2 rings (SSSR count). The number of benzene rings is 2. The molecule has 0 unspecified atom stereocenters. The maximum absolute atomic E-state index is 11.9. The first kappa shape index (κ1) is 21.9. The van der Waals surface area contributed by atoms with Crippen molar-refractivity contribution in [3.8, 4) is 0 Å². The number of hydrogen-bond acceptors (Lipinski definition) is 4. The molecule has 0 atom stereocenters. The van der Waals surface area contributed by atoms with Crippen LogP contribution in [0, 0.1) is 6.92 Å². The van der Waals surface area contributed by atoms with Crippen molar-refractivity contribution < 1.29 is 19.1 Å². The number of aryl methyl sites for hydroxylation is 1. The predicted molar refractivity (Wildman–Crippen MR) is 112 cm³/mol. The number of carbonyl (C=O) groups excluding carboxylic acids is 3. The molecule has 2 aromatic rings. The molecule has 2 N–H and O–H groups in total. The number of hydrogen-bond donors (Lipinski definition) is 2. The summed E-state index contributed by atoms with van der Waals surface area (Å²) in [5, 5.41) is 5.88. The van der Waals surface area contributed by atoms with E-state index in [9.17, 15) is 14.4 Å². The van der Waals surface area contributed by atoms with Gasteiger partial charge in [0.15, 0.2) is 6.61 Å². The highest BCUT2D eigenvalue weighted by atomic mass is 79.9. The molecule has 0 saturated carbocycles. The van der Waals surface area contributed by atoms with Crippen molar-refractivity contribution in [2.24, 2.45) is 0 Å². The van der Waals surface area contributed by atoms with Crippen LogP contribution >= 0.6 is 27.5 Å². The molecule has 8 heteroatoms. The summed E-state index contributed by atoms with van der Waals surface area (Å²) in [7, 11) is 0. The average molecular weight is 468 g/mol. The Morgan fingerprint density at radius 3 is 2.43 bits per heavy atom. The summed E-state index contributed by atoms with van der Waals surface area (Å²) in [6, 6.07) is 12.2. The lowest BCUT2D eigenvalue weighted by Gasteiger charge is -2.08. The van der Waals surface area contributed by atoms with Gasteiger partial charge in [-0.1, -0.05) is 33.6 Å². The van der Waals surface area contributed by atoms with Crippen molar-refractivity contribution in [1.29, 1.82) is 0 Å². The highest BCUT2D eigenvalue weighted by molar-refractivity contribution is 9.10. The second-order valence-electron chi connectivity index (χ2n) is 6.08. The first-order chi connectivity index (χ1) is 13.3. The number of anilines is 2. The third-order valence-electron chi connectivity index (χ3n) is 3.70. The van der Waals surface area contributed by atoms with Gasteiger partial charge in [0, 0.05) is 33.7 Å². The Hall–Kier alpha value is -2.38. The van der Waals surface area contributed by atoms with Gasteiger partial charge in [-0.3, -0.25) is 14.4 Å². The van der Waals surface area contributed by atoms with E-state index >= 15 is 0 Å². The molecular weight excluding hydrogens is 448 g/mol. The van der Waals surface area contributed by atoms with E-state index in [-0.39, 0.29) is 25.4 Å². The summed E-state index contributed by atoms with van der Waals surface area (Å²) < 4.78 is 5.88. The zero-order valence-electron chi connectivity index (χ0n) is 15.3. The predicted octanol–water partition coefficient (Wildman–Crippen LogP) is 4.70.